The molecule has 1 N–H and O–H groups in total. The molecule has 0 fully saturated rings. The zero-order valence-corrected chi connectivity index (χ0v) is 19.3. The molecule has 0 aromatic heterocycles. The van der Waals surface area contributed by atoms with Gasteiger partial charge in [0.05, 0.1) is 24.1 Å². The second-order valence-electron chi connectivity index (χ2n) is 6.40. The number of hydrogen-bond acceptors (Lipinski definition) is 5. The Hall–Kier alpha value is -2.74. The Labute approximate surface area is 199 Å². The lowest BCUT2D eigenvalue weighted by molar-refractivity contribution is -0.118. The van der Waals surface area contributed by atoms with E-state index in [1.54, 1.807) is 36.4 Å². The first-order valence-corrected chi connectivity index (χ1v) is 11.1. The van der Waals surface area contributed by atoms with E-state index >= 15 is 0 Å². The number of nitrogens with zero attached hydrogens (tertiary/aromatic N) is 1. The van der Waals surface area contributed by atoms with Gasteiger partial charge < -0.3 is 9.47 Å². The van der Waals surface area contributed by atoms with Crippen LogP contribution in [0.5, 0.6) is 11.5 Å². The number of rotatable bonds is 9. The molecule has 0 unspecified atom stereocenters. The van der Waals surface area contributed by atoms with Gasteiger partial charge in [0.1, 0.15) is 12.4 Å². The lowest BCUT2D eigenvalue weighted by atomic mass is 10.2. The van der Waals surface area contributed by atoms with E-state index in [1.165, 1.54) is 37.2 Å². The fraction of sp³-hybridized carbons (Fsp3) is 0.130. The zero-order valence-electron chi connectivity index (χ0n) is 17.0. The lowest BCUT2D eigenvalue weighted by Crippen LogP contribution is -2.19. The van der Waals surface area contributed by atoms with Crippen LogP contribution in [0.25, 0.3) is 0 Å². The number of hydrogen-bond donors (Lipinski definition) is 1. The van der Waals surface area contributed by atoms with Gasteiger partial charge in [0.25, 0.3) is 0 Å². The minimum Gasteiger partial charge on any atom is -0.493 e. The summed E-state index contributed by atoms with van der Waals surface area (Å²) in [5.41, 5.74) is 3.25. The number of benzene rings is 3. The van der Waals surface area contributed by atoms with Crippen LogP contribution >= 0.6 is 35.0 Å². The summed E-state index contributed by atoms with van der Waals surface area (Å²) in [7, 11) is 1.49. The number of para-hydroxylation sites is 1. The van der Waals surface area contributed by atoms with E-state index in [0.717, 1.165) is 4.90 Å². The summed E-state index contributed by atoms with van der Waals surface area (Å²) in [4.78, 5) is 13.0. The minimum atomic E-state index is -0.465. The van der Waals surface area contributed by atoms with Crippen molar-refractivity contribution in [3.8, 4) is 11.5 Å². The quantitative estimate of drug-likeness (QED) is 0.227. The van der Waals surface area contributed by atoms with Crippen LogP contribution in [0.1, 0.15) is 11.1 Å². The Morgan fingerprint density at radius 3 is 2.59 bits per heavy atom. The van der Waals surface area contributed by atoms with Crippen LogP contribution in [0.4, 0.5) is 4.39 Å². The molecule has 0 saturated carbocycles. The zero-order chi connectivity index (χ0) is 22.9. The molecule has 5 nitrogen and oxygen atoms in total. The molecule has 166 valence electrons. The first-order valence-electron chi connectivity index (χ1n) is 9.41. The maximum absolute atomic E-state index is 14.1. The normalized spacial score (nSPS) is 10.9. The van der Waals surface area contributed by atoms with Crippen molar-refractivity contribution in [3.05, 3.63) is 87.7 Å². The molecular formula is C23H19Cl2FN2O3S. The standard InChI is InChI=1S/C23H19Cl2FN2O3S/c1-30-21-7-2-4-15(23(21)31-13-18-19(25)5-3-6-20(18)26)12-27-28-22(29)14-32-17-10-8-16(24)9-11-17/h2-12H,13-14H2,1H3,(H,28,29). The van der Waals surface area contributed by atoms with Gasteiger partial charge in [-0.1, -0.05) is 35.3 Å². The summed E-state index contributed by atoms with van der Waals surface area (Å²) in [6.45, 7) is -0.100. The smallest absolute Gasteiger partial charge is 0.250 e. The highest BCUT2D eigenvalue weighted by Gasteiger charge is 2.13. The monoisotopic (exact) mass is 492 g/mol. The van der Waals surface area contributed by atoms with E-state index in [9.17, 15) is 9.18 Å². The van der Waals surface area contributed by atoms with E-state index in [1.807, 2.05) is 12.1 Å². The van der Waals surface area contributed by atoms with Crippen LogP contribution in [0.3, 0.4) is 0 Å². The maximum Gasteiger partial charge on any atom is 0.250 e. The highest BCUT2D eigenvalue weighted by atomic mass is 35.5. The van der Waals surface area contributed by atoms with Crippen molar-refractivity contribution in [1.82, 2.24) is 5.43 Å². The molecule has 1 amide bonds. The summed E-state index contributed by atoms with van der Waals surface area (Å²) in [5.74, 6) is 0.235. The van der Waals surface area contributed by atoms with E-state index in [4.69, 9.17) is 32.7 Å². The van der Waals surface area contributed by atoms with Crippen LogP contribution in [-0.4, -0.2) is 25.0 Å². The summed E-state index contributed by atoms with van der Waals surface area (Å²) in [5, 5.41) is 4.90. The Bertz CT molecular complexity index is 1090. The number of carbonyl (C=O) groups is 1. The molecular weight excluding hydrogens is 474 g/mol. The third-order valence-electron chi connectivity index (χ3n) is 4.23. The number of amides is 1. The molecule has 0 saturated heterocycles. The predicted octanol–water partition coefficient (Wildman–Crippen LogP) is 5.96. The molecule has 0 heterocycles. The van der Waals surface area contributed by atoms with Crippen molar-refractivity contribution in [2.45, 2.75) is 11.5 Å². The first kappa shape index (κ1) is 23.9. The second kappa shape index (κ2) is 11.8. The van der Waals surface area contributed by atoms with Gasteiger partial charge in [0.15, 0.2) is 11.5 Å². The van der Waals surface area contributed by atoms with Crippen molar-refractivity contribution in [2.75, 3.05) is 12.9 Å². The summed E-state index contributed by atoms with van der Waals surface area (Å²) < 4.78 is 25.2. The fourth-order valence-electron chi connectivity index (χ4n) is 2.65. The number of halogens is 3. The largest absolute Gasteiger partial charge is 0.493 e. The molecule has 32 heavy (non-hydrogen) atoms. The number of methoxy groups -OCH3 is 1. The van der Waals surface area contributed by atoms with Gasteiger partial charge in [-0.3, -0.25) is 4.79 Å². The summed E-state index contributed by atoms with van der Waals surface area (Å²) in [6, 6.07) is 16.8. The van der Waals surface area contributed by atoms with Gasteiger partial charge in [-0.05, 0) is 48.5 Å². The third kappa shape index (κ3) is 6.63. The molecule has 3 aromatic rings. The van der Waals surface area contributed by atoms with Crippen LogP contribution in [-0.2, 0) is 11.4 Å². The van der Waals surface area contributed by atoms with Crippen molar-refractivity contribution < 1.29 is 18.7 Å². The number of carbonyl (C=O) groups excluding carboxylic acids is 1. The van der Waals surface area contributed by atoms with Gasteiger partial charge in [-0.2, -0.15) is 5.10 Å². The molecule has 0 bridgehead atoms. The average Bonchev–Trinajstić information content (AvgIpc) is 2.79. The number of ether oxygens (including phenoxy) is 2. The van der Waals surface area contributed by atoms with Crippen molar-refractivity contribution >= 4 is 47.1 Å². The molecule has 0 spiro atoms. The van der Waals surface area contributed by atoms with Gasteiger partial charge in [0, 0.05) is 21.0 Å². The van der Waals surface area contributed by atoms with Crippen LogP contribution in [0, 0.1) is 5.82 Å². The van der Waals surface area contributed by atoms with Crippen LogP contribution in [0.2, 0.25) is 10.0 Å². The summed E-state index contributed by atoms with van der Waals surface area (Å²) in [6.07, 6.45) is 1.44. The molecule has 0 aliphatic rings. The number of nitrogens with one attached hydrogen (secondary N) is 1. The van der Waals surface area contributed by atoms with Crippen LogP contribution < -0.4 is 14.9 Å². The highest BCUT2D eigenvalue weighted by Crippen LogP contribution is 2.32. The maximum atomic E-state index is 14.1. The van der Waals surface area contributed by atoms with E-state index in [-0.39, 0.29) is 28.9 Å². The topological polar surface area (TPSA) is 59.9 Å². The Morgan fingerprint density at radius 2 is 1.88 bits per heavy atom. The molecule has 3 aromatic carbocycles. The molecule has 9 heteroatoms. The molecule has 3 rings (SSSR count). The van der Waals surface area contributed by atoms with Crippen LogP contribution in [0.15, 0.2) is 70.7 Å². The fourth-order valence-corrected chi connectivity index (χ4v) is 3.68. The number of thioether (sulfide) groups is 1. The van der Waals surface area contributed by atoms with Crippen molar-refractivity contribution in [1.29, 1.82) is 0 Å². The molecule has 0 atom stereocenters. The summed E-state index contributed by atoms with van der Waals surface area (Å²) >= 11 is 13.3. The van der Waals surface area contributed by atoms with Gasteiger partial charge in [0.2, 0.25) is 5.91 Å². The average molecular weight is 493 g/mol. The minimum absolute atomic E-state index is 0.100. The van der Waals surface area contributed by atoms with Crippen molar-refractivity contribution in [3.63, 3.8) is 0 Å². The molecule has 0 aliphatic heterocycles. The third-order valence-corrected chi connectivity index (χ3v) is 5.85. The van der Waals surface area contributed by atoms with Crippen molar-refractivity contribution in [2.24, 2.45) is 5.10 Å². The Kier molecular flexibility index (Phi) is 8.79. The molecule has 0 radical (unpaired) electrons. The van der Waals surface area contributed by atoms with Gasteiger partial charge in [-0.25, -0.2) is 9.82 Å². The van der Waals surface area contributed by atoms with Gasteiger partial charge in [-0.15, -0.1) is 11.8 Å². The number of hydrazone groups is 1. The Morgan fingerprint density at radius 1 is 1.12 bits per heavy atom. The SMILES string of the molecule is COc1cccc(C=NNC(=O)CSc2ccc(Cl)cc2)c1OCc1c(F)cccc1Cl. The van der Waals surface area contributed by atoms with E-state index < -0.39 is 5.82 Å². The Balaban J connectivity index is 1.64. The second-order valence-corrected chi connectivity index (χ2v) is 8.30. The predicted molar refractivity (Wildman–Crippen MR) is 127 cm³/mol. The lowest BCUT2D eigenvalue weighted by Gasteiger charge is -2.14. The van der Waals surface area contributed by atoms with Gasteiger partial charge >= 0.3 is 0 Å². The highest BCUT2D eigenvalue weighted by molar-refractivity contribution is 8.00. The molecule has 0 aliphatic carbocycles. The first-order chi connectivity index (χ1) is 15.5. The van der Waals surface area contributed by atoms with E-state index in [0.29, 0.717) is 22.1 Å². The van der Waals surface area contributed by atoms with E-state index in [2.05, 4.69) is 10.5 Å².